The van der Waals surface area contributed by atoms with E-state index in [4.69, 9.17) is 14.2 Å². The summed E-state index contributed by atoms with van der Waals surface area (Å²) in [6.45, 7) is 7.03. The predicted molar refractivity (Wildman–Crippen MR) is 98.0 cm³/mol. The summed E-state index contributed by atoms with van der Waals surface area (Å²) in [5, 5.41) is 6.96. The van der Waals surface area contributed by atoms with Crippen molar-refractivity contribution in [1.29, 1.82) is 0 Å². The lowest BCUT2D eigenvalue weighted by atomic mass is 10.1. The minimum absolute atomic E-state index is 0.000793. The van der Waals surface area contributed by atoms with Gasteiger partial charge in [0, 0.05) is 43.5 Å². The fraction of sp³-hybridized carbons (Fsp3) is 0.474. The van der Waals surface area contributed by atoms with Crippen molar-refractivity contribution in [2.45, 2.75) is 39.4 Å². The summed E-state index contributed by atoms with van der Waals surface area (Å²) < 4.78 is 19.0. The van der Waals surface area contributed by atoms with Gasteiger partial charge in [-0.25, -0.2) is 0 Å². The summed E-state index contributed by atoms with van der Waals surface area (Å²) in [6.07, 6.45) is 2.42. The van der Waals surface area contributed by atoms with E-state index in [-0.39, 0.29) is 18.1 Å². The van der Waals surface area contributed by atoms with Gasteiger partial charge in [-0.1, -0.05) is 0 Å². The Morgan fingerprint density at radius 1 is 1.46 bits per heavy atom. The second-order valence-electron chi connectivity index (χ2n) is 6.55. The molecule has 1 aliphatic heterocycles. The number of amides is 1. The summed E-state index contributed by atoms with van der Waals surface area (Å²) in [5.74, 6) is 1.61. The first kappa shape index (κ1) is 18.3. The monoisotopic (exact) mass is 359 g/mol. The van der Waals surface area contributed by atoms with Gasteiger partial charge in [0.25, 0.3) is 5.91 Å². The van der Waals surface area contributed by atoms with Crippen LogP contribution in [0.3, 0.4) is 0 Å². The number of hydrogen-bond donors (Lipinski definition) is 1. The first-order chi connectivity index (χ1) is 12.5. The molecule has 1 aliphatic rings. The minimum atomic E-state index is -0.253. The third kappa shape index (κ3) is 4.16. The second-order valence-corrected chi connectivity index (χ2v) is 6.55. The lowest BCUT2D eigenvalue weighted by molar-refractivity contribution is 0.0678. The van der Waals surface area contributed by atoms with Gasteiger partial charge in [-0.2, -0.15) is 5.10 Å². The molecule has 2 heterocycles. The molecule has 0 fully saturated rings. The third-order valence-corrected chi connectivity index (χ3v) is 3.98. The molecule has 1 amide bonds. The number of ether oxygens (including phenoxy) is 3. The Balaban J connectivity index is 1.84. The number of carbonyl (C=O) groups is 1. The van der Waals surface area contributed by atoms with Crippen LogP contribution < -0.4 is 14.8 Å². The van der Waals surface area contributed by atoms with Crippen LogP contribution in [0.15, 0.2) is 24.4 Å². The maximum absolute atomic E-state index is 12.6. The number of benzene rings is 1. The Morgan fingerprint density at radius 2 is 2.27 bits per heavy atom. The molecule has 7 nitrogen and oxygen atoms in total. The highest BCUT2D eigenvalue weighted by Gasteiger charge is 2.28. The smallest absolute Gasteiger partial charge is 0.257 e. The van der Waals surface area contributed by atoms with Crippen LogP contribution in [0, 0.1) is 0 Å². The number of aryl methyl sites for hydroxylation is 1. The van der Waals surface area contributed by atoms with Gasteiger partial charge in [0.2, 0.25) is 0 Å². The van der Waals surface area contributed by atoms with Crippen molar-refractivity contribution < 1.29 is 19.0 Å². The van der Waals surface area contributed by atoms with Crippen LogP contribution in [0.2, 0.25) is 0 Å². The molecule has 140 valence electrons. The van der Waals surface area contributed by atoms with Gasteiger partial charge in [0.05, 0.1) is 12.7 Å². The molecule has 0 saturated carbocycles. The van der Waals surface area contributed by atoms with Crippen LogP contribution in [-0.2, 0) is 18.2 Å². The summed E-state index contributed by atoms with van der Waals surface area (Å²) in [4.78, 5) is 12.6. The average molecular weight is 359 g/mol. The van der Waals surface area contributed by atoms with Gasteiger partial charge in [-0.05, 0) is 32.9 Å². The molecule has 7 heteroatoms. The molecule has 0 saturated heterocycles. The number of rotatable bonds is 7. The minimum Gasteiger partial charge on any atom is -0.491 e. The first-order valence-corrected chi connectivity index (χ1v) is 8.85. The normalized spacial score (nSPS) is 15.7. The Kier molecular flexibility index (Phi) is 5.46. The van der Waals surface area contributed by atoms with Gasteiger partial charge < -0.3 is 19.5 Å². The Bertz CT molecular complexity index is 785. The molecular formula is C19H25N3O4. The number of hydrogen-bond acceptors (Lipinski definition) is 5. The highest BCUT2D eigenvalue weighted by Crippen LogP contribution is 2.38. The Morgan fingerprint density at radius 3 is 2.92 bits per heavy atom. The molecule has 0 aliphatic carbocycles. The average Bonchev–Trinajstić information content (AvgIpc) is 3.18. The van der Waals surface area contributed by atoms with Gasteiger partial charge >= 0.3 is 0 Å². The summed E-state index contributed by atoms with van der Waals surface area (Å²) in [5.41, 5.74) is 1.46. The van der Waals surface area contributed by atoms with Crippen molar-refractivity contribution in [3.8, 4) is 11.5 Å². The van der Waals surface area contributed by atoms with E-state index in [0.717, 1.165) is 5.56 Å². The number of aromatic nitrogens is 2. The zero-order chi connectivity index (χ0) is 18.7. The summed E-state index contributed by atoms with van der Waals surface area (Å²) in [6, 6.07) is 5.27. The van der Waals surface area contributed by atoms with Crippen LogP contribution in [0.5, 0.6) is 11.5 Å². The molecule has 26 heavy (non-hydrogen) atoms. The summed E-state index contributed by atoms with van der Waals surface area (Å²) >= 11 is 0. The van der Waals surface area contributed by atoms with Crippen LogP contribution in [0.4, 0.5) is 5.82 Å². The van der Waals surface area contributed by atoms with Crippen LogP contribution in [-0.4, -0.2) is 41.1 Å². The molecule has 0 radical (unpaired) electrons. The topological polar surface area (TPSA) is 74.6 Å². The van der Waals surface area contributed by atoms with Crippen LogP contribution in [0.1, 0.15) is 36.7 Å². The molecule has 0 spiro atoms. The molecule has 0 bridgehead atoms. The molecule has 3 rings (SSSR count). The van der Waals surface area contributed by atoms with E-state index < -0.39 is 0 Å². The van der Waals surface area contributed by atoms with Crippen LogP contribution >= 0.6 is 0 Å². The zero-order valence-electron chi connectivity index (χ0n) is 15.6. The fourth-order valence-corrected chi connectivity index (χ4v) is 2.88. The van der Waals surface area contributed by atoms with Gasteiger partial charge in [0.15, 0.2) is 5.82 Å². The first-order valence-electron chi connectivity index (χ1n) is 8.85. The standard InChI is InChI=1S/C19H25N3O4/c1-5-24-11-14-10-15-16(25-12(2)3)8-13(9-17(15)26-14)19(23)20-18-6-7-22(4)21-18/h6-9,12,14H,5,10-11H2,1-4H3,(H,20,21,23). The van der Waals surface area contributed by atoms with Crippen molar-refractivity contribution in [2.75, 3.05) is 18.5 Å². The third-order valence-electron chi connectivity index (χ3n) is 3.98. The van der Waals surface area contributed by atoms with Crippen LogP contribution in [0.25, 0.3) is 0 Å². The lowest BCUT2D eigenvalue weighted by Gasteiger charge is -2.14. The molecule has 1 atom stereocenters. The molecule has 2 aromatic rings. The maximum atomic E-state index is 12.6. The fourth-order valence-electron chi connectivity index (χ4n) is 2.88. The number of nitrogens with one attached hydrogen (secondary N) is 1. The van der Waals surface area contributed by atoms with Gasteiger partial charge in [-0.3, -0.25) is 9.48 Å². The lowest BCUT2D eigenvalue weighted by Crippen LogP contribution is -2.20. The second kappa shape index (κ2) is 7.78. The molecular weight excluding hydrogens is 334 g/mol. The van der Waals surface area contributed by atoms with Gasteiger partial charge in [-0.15, -0.1) is 0 Å². The Hall–Kier alpha value is -2.54. The van der Waals surface area contributed by atoms with E-state index in [1.54, 1.807) is 36.1 Å². The van der Waals surface area contributed by atoms with E-state index in [2.05, 4.69) is 10.4 Å². The van der Waals surface area contributed by atoms with E-state index in [0.29, 0.717) is 42.5 Å². The SMILES string of the molecule is CCOCC1Cc2c(OC(C)C)cc(C(=O)Nc3ccn(C)n3)cc2O1. The Labute approximate surface area is 153 Å². The highest BCUT2D eigenvalue weighted by atomic mass is 16.5. The van der Waals surface area contributed by atoms with Crippen molar-refractivity contribution in [1.82, 2.24) is 9.78 Å². The summed E-state index contributed by atoms with van der Waals surface area (Å²) in [7, 11) is 1.80. The number of fused-ring (bicyclic) bond motifs is 1. The molecule has 1 aromatic carbocycles. The zero-order valence-corrected chi connectivity index (χ0v) is 15.6. The van der Waals surface area contributed by atoms with Crippen molar-refractivity contribution in [3.05, 3.63) is 35.5 Å². The number of nitrogens with zero attached hydrogens (tertiary/aromatic N) is 2. The largest absolute Gasteiger partial charge is 0.491 e. The van der Waals surface area contributed by atoms with Crippen molar-refractivity contribution in [3.63, 3.8) is 0 Å². The molecule has 1 unspecified atom stereocenters. The predicted octanol–water partition coefficient (Wildman–Crippen LogP) is 2.80. The van der Waals surface area contributed by atoms with E-state index in [9.17, 15) is 4.79 Å². The number of anilines is 1. The number of carbonyl (C=O) groups excluding carboxylic acids is 1. The van der Waals surface area contributed by atoms with Crippen molar-refractivity contribution >= 4 is 11.7 Å². The molecule has 1 aromatic heterocycles. The maximum Gasteiger partial charge on any atom is 0.257 e. The van der Waals surface area contributed by atoms with E-state index in [1.165, 1.54) is 0 Å². The van der Waals surface area contributed by atoms with Crippen molar-refractivity contribution in [2.24, 2.45) is 7.05 Å². The highest BCUT2D eigenvalue weighted by molar-refractivity contribution is 6.04. The molecule has 1 N–H and O–H groups in total. The van der Waals surface area contributed by atoms with E-state index >= 15 is 0 Å². The van der Waals surface area contributed by atoms with Gasteiger partial charge in [0.1, 0.15) is 17.6 Å². The quantitative estimate of drug-likeness (QED) is 0.823. The van der Waals surface area contributed by atoms with E-state index in [1.807, 2.05) is 20.8 Å².